The Bertz CT molecular complexity index is 698. The van der Waals surface area contributed by atoms with Crippen LogP contribution in [0.15, 0.2) is 52.3 Å². The first kappa shape index (κ1) is 16.8. The van der Waals surface area contributed by atoms with E-state index in [0.717, 1.165) is 13.4 Å². The van der Waals surface area contributed by atoms with E-state index in [2.05, 4.69) is 27.3 Å². The Morgan fingerprint density at radius 2 is 1.41 bits per heavy atom. The molecule has 114 valence electrons. The van der Waals surface area contributed by atoms with Gasteiger partial charge in [0.1, 0.15) is 0 Å². The Hall–Kier alpha value is -1.54. The van der Waals surface area contributed by atoms with Gasteiger partial charge in [-0.3, -0.25) is 0 Å². The zero-order valence-corrected chi connectivity index (χ0v) is 14.9. The third kappa shape index (κ3) is 4.01. The van der Waals surface area contributed by atoms with E-state index in [1.54, 1.807) is 18.2 Å². The lowest BCUT2D eigenvalue weighted by Gasteiger charge is -2.09. The molecular formula is C16H13IO4S. The molecule has 0 spiro atoms. The van der Waals surface area contributed by atoms with Gasteiger partial charge < -0.3 is 9.47 Å². The van der Waals surface area contributed by atoms with Gasteiger partial charge in [-0.2, -0.15) is 0 Å². The van der Waals surface area contributed by atoms with E-state index in [1.807, 2.05) is 24.3 Å². The second kappa shape index (κ2) is 7.64. The summed E-state index contributed by atoms with van der Waals surface area (Å²) in [6.07, 6.45) is 0. The van der Waals surface area contributed by atoms with Crippen LogP contribution in [0.25, 0.3) is 0 Å². The fourth-order valence-electron chi connectivity index (χ4n) is 1.79. The largest absolute Gasteiger partial charge is 0.465 e. The van der Waals surface area contributed by atoms with E-state index in [4.69, 9.17) is 4.74 Å². The highest BCUT2D eigenvalue weighted by molar-refractivity contribution is 14.1. The van der Waals surface area contributed by atoms with Gasteiger partial charge in [0.25, 0.3) is 0 Å². The number of benzene rings is 2. The summed E-state index contributed by atoms with van der Waals surface area (Å²) in [4.78, 5) is 25.5. The van der Waals surface area contributed by atoms with E-state index < -0.39 is 11.9 Å². The summed E-state index contributed by atoms with van der Waals surface area (Å²) in [7, 11) is 2.56. The minimum atomic E-state index is -0.564. The SMILES string of the molecule is COC(=O)c1ccc(Sc2ccc(I)cc2)cc1C(=O)OC. The number of hydrogen-bond acceptors (Lipinski definition) is 5. The van der Waals surface area contributed by atoms with Crippen LogP contribution in [-0.2, 0) is 9.47 Å². The highest BCUT2D eigenvalue weighted by Crippen LogP contribution is 2.30. The van der Waals surface area contributed by atoms with Gasteiger partial charge in [-0.25, -0.2) is 9.59 Å². The van der Waals surface area contributed by atoms with E-state index in [9.17, 15) is 9.59 Å². The first-order chi connectivity index (χ1) is 10.5. The van der Waals surface area contributed by atoms with Crippen LogP contribution in [0.1, 0.15) is 20.7 Å². The molecule has 2 aromatic carbocycles. The average Bonchev–Trinajstić information content (AvgIpc) is 2.55. The molecule has 6 heteroatoms. The van der Waals surface area contributed by atoms with Crippen molar-refractivity contribution in [1.82, 2.24) is 0 Å². The van der Waals surface area contributed by atoms with Gasteiger partial charge in [-0.1, -0.05) is 11.8 Å². The molecule has 2 aromatic rings. The van der Waals surface area contributed by atoms with Crippen LogP contribution < -0.4 is 0 Å². The topological polar surface area (TPSA) is 52.6 Å². The van der Waals surface area contributed by atoms with Crippen molar-refractivity contribution in [3.63, 3.8) is 0 Å². The molecule has 0 aliphatic rings. The molecule has 0 aliphatic carbocycles. The second-order valence-corrected chi connectivity index (χ2v) is 6.64. The molecule has 2 rings (SSSR count). The highest BCUT2D eigenvalue weighted by Gasteiger charge is 2.19. The number of rotatable bonds is 4. The summed E-state index contributed by atoms with van der Waals surface area (Å²) < 4.78 is 10.6. The summed E-state index contributed by atoms with van der Waals surface area (Å²) in [5, 5.41) is 0. The molecule has 0 fully saturated rings. The zero-order chi connectivity index (χ0) is 16.1. The van der Waals surface area contributed by atoms with Crippen LogP contribution in [-0.4, -0.2) is 26.2 Å². The van der Waals surface area contributed by atoms with Gasteiger partial charge in [0, 0.05) is 13.4 Å². The third-order valence-corrected chi connectivity index (χ3v) is 4.57. The summed E-state index contributed by atoms with van der Waals surface area (Å²) in [5.41, 5.74) is 0.395. The number of carbonyl (C=O) groups is 2. The van der Waals surface area contributed by atoms with Crippen LogP contribution >= 0.6 is 34.4 Å². The lowest BCUT2D eigenvalue weighted by molar-refractivity contribution is 0.0555. The maximum Gasteiger partial charge on any atom is 0.338 e. The molecule has 0 saturated heterocycles. The molecule has 0 aliphatic heterocycles. The fraction of sp³-hybridized carbons (Fsp3) is 0.125. The summed E-state index contributed by atoms with van der Waals surface area (Å²) in [6.45, 7) is 0. The van der Waals surface area contributed by atoms with Crippen molar-refractivity contribution in [2.75, 3.05) is 14.2 Å². The van der Waals surface area contributed by atoms with Gasteiger partial charge in [0.05, 0.1) is 25.3 Å². The van der Waals surface area contributed by atoms with Crippen molar-refractivity contribution < 1.29 is 19.1 Å². The van der Waals surface area contributed by atoms with Crippen molar-refractivity contribution in [2.24, 2.45) is 0 Å². The number of halogens is 1. The predicted octanol–water partition coefficient (Wildman–Crippen LogP) is 4.02. The Balaban J connectivity index is 2.35. The molecule has 22 heavy (non-hydrogen) atoms. The summed E-state index contributed by atoms with van der Waals surface area (Å²) in [5.74, 6) is -1.13. The molecule has 0 heterocycles. The second-order valence-electron chi connectivity index (χ2n) is 4.25. The Kier molecular flexibility index (Phi) is 5.84. The van der Waals surface area contributed by atoms with Crippen LogP contribution in [0, 0.1) is 3.57 Å². The lowest BCUT2D eigenvalue weighted by atomic mass is 10.1. The quantitative estimate of drug-likeness (QED) is 0.544. The lowest BCUT2D eigenvalue weighted by Crippen LogP contribution is -2.11. The van der Waals surface area contributed by atoms with Gasteiger partial charge in [0.15, 0.2) is 0 Å². The van der Waals surface area contributed by atoms with Crippen LogP contribution in [0.2, 0.25) is 0 Å². The summed E-state index contributed by atoms with van der Waals surface area (Å²) in [6, 6.07) is 13.0. The van der Waals surface area contributed by atoms with Crippen LogP contribution in [0.4, 0.5) is 0 Å². The molecule has 0 N–H and O–H groups in total. The van der Waals surface area contributed by atoms with E-state index in [-0.39, 0.29) is 11.1 Å². The number of methoxy groups -OCH3 is 2. The molecule has 0 amide bonds. The van der Waals surface area contributed by atoms with Crippen molar-refractivity contribution in [1.29, 1.82) is 0 Å². The molecule has 4 nitrogen and oxygen atoms in total. The van der Waals surface area contributed by atoms with Crippen molar-refractivity contribution >= 4 is 46.3 Å². The first-order valence-corrected chi connectivity index (χ1v) is 8.18. The smallest absolute Gasteiger partial charge is 0.338 e. The Morgan fingerprint density at radius 1 is 0.864 bits per heavy atom. The number of hydrogen-bond donors (Lipinski definition) is 0. The van der Waals surface area contributed by atoms with Crippen molar-refractivity contribution in [2.45, 2.75) is 9.79 Å². The van der Waals surface area contributed by atoms with E-state index in [0.29, 0.717) is 0 Å². The van der Waals surface area contributed by atoms with E-state index in [1.165, 1.54) is 26.0 Å². The number of carbonyl (C=O) groups excluding carboxylic acids is 2. The molecule has 0 unspecified atom stereocenters. The van der Waals surface area contributed by atoms with E-state index >= 15 is 0 Å². The molecule has 0 aromatic heterocycles. The average molecular weight is 428 g/mol. The Labute approximate surface area is 146 Å². The maximum atomic E-state index is 11.9. The van der Waals surface area contributed by atoms with Gasteiger partial charge in [-0.15, -0.1) is 0 Å². The third-order valence-electron chi connectivity index (χ3n) is 2.85. The normalized spacial score (nSPS) is 10.1. The number of ether oxygens (including phenoxy) is 2. The molecule has 0 atom stereocenters. The highest BCUT2D eigenvalue weighted by atomic mass is 127. The standard InChI is InChI=1S/C16H13IO4S/c1-20-15(18)13-8-7-12(9-14(13)16(19)21-2)22-11-5-3-10(17)4-6-11/h3-9H,1-2H3. The molecular weight excluding hydrogens is 415 g/mol. The molecule has 0 radical (unpaired) electrons. The molecule has 0 saturated carbocycles. The Morgan fingerprint density at radius 3 is 2.00 bits per heavy atom. The maximum absolute atomic E-state index is 11.9. The van der Waals surface area contributed by atoms with Gasteiger partial charge in [-0.05, 0) is 65.1 Å². The summed E-state index contributed by atoms with van der Waals surface area (Å²) >= 11 is 3.74. The monoisotopic (exact) mass is 428 g/mol. The predicted molar refractivity (Wildman–Crippen MR) is 92.4 cm³/mol. The minimum Gasteiger partial charge on any atom is -0.465 e. The first-order valence-electron chi connectivity index (χ1n) is 6.29. The van der Waals surface area contributed by atoms with Crippen LogP contribution in [0.3, 0.4) is 0 Å². The van der Waals surface area contributed by atoms with Gasteiger partial charge >= 0.3 is 11.9 Å². The zero-order valence-electron chi connectivity index (χ0n) is 12.0. The van der Waals surface area contributed by atoms with Crippen molar-refractivity contribution in [3.05, 3.63) is 57.2 Å². The minimum absolute atomic E-state index is 0.196. The van der Waals surface area contributed by atoms with Gasteiger partial charge in [0.2, 0.25) is 0 Å². The van der Waals surface area contributed by atoms with Crippen molar-refractivity contribution in [3.8, 4) is 0 Å². The fourth-order valence-corrected chi connectivity index (χ4v) is 3.01. The molecule has 0 bridgehead atoms. The van der Waals surface area contributed by atoms with Crippen LogP contribution in [0.5, 0.6) is 0 Å². The number of esters is 2.